The maximum atomic E-state index is 13.5. The van der Waals surface area contributed by atoms with Gasteiger partial charge in [-0.2, -0.15) is 5.26 Å². The van der Waals surface area contributed by atoms with Crippen molar-refractivity contribution in [3.8, 4) is 6.07 Å². The third kappa shape index (κ3) is 2.77. The summed E-state index contributed by atoms with van der Waals surface area (Å²) in [7, 11) is 0. The normalized spacial score (nSPS) is 15.6. The molecular weight excluding hydrogens is 236 g/mol. The molecule has 0 spiro atoms. The van der Waals surface area contributed by atoms with Crippen molar-refractivity contribution in [3.05, 3.63) is 29.3 Å². The van der Waals surface area contributed by atoms with Gasteiger partial charge in [0.05, 0.1) is 11.3 Å². The fourth-order valence-corrected chi connectivity index (χ4v) is 2.13. The molecule has 1 N–H and O–H groups in total. The number of rotatable bonds is 4. The highest BCUT2D eigenvalue weighted by molar-refractivity contribution is 5.49. The quantitative estimate of drug-likeness (QED) is 0.892. The van der Waals surface area contributed by atoms with E-state index in [1.807, 2.05) is 0 Å². The van der Waals surface area contributed by atoms with E-state index in [1.54, 1.807) is 6.07 Å². The number of nitriles is 1. The van der Waals surface area contributed by atoms with Crippen LogP contribution >= 0.6 is 0 Å². The van der Waals surface area contributed by atoms with E-state index in [0.29, 0.717) is 6.54 Å². The zero-order chi connectivity index (χ0) is 13.0. The molecule has 96 valence electrons. The lowest BCUT2D eigenvalue weighted by molar-refractivity contribution is 0.352. The molecule has 0 saturated carbocycles. The van der Waals surface area contributed by atoms with Crippen molar-refractivity contribution >= 4 is 5.69 Å². The first kappa shape index (κ1) is 12.8. The lowest BCUT2D eigenvalue weighted by atomic mass is 10.2. The molecule has 1 aromatic carbocycles. The number of likely N-dealkylation sites (tertiary alicyclic amines) is 1. The van der Waals surface area contributed by atoms with E-state index in [1.165, 1.54) is 25.0 Å². The second-order valence-corrected chi connectivity index (χ2v) is 4.38. The summed E-state index contributed by atoms with van der Waals surface area (Å²) in [5.74, 6) is -2.06. The molecule has 1 fully saturated rings. The van der Waals surface area contributed by atoms with Crippen LogP contribution in [-0.2, 0) is 0 Å². The molecule has 1 aliphatic heterocycles. The average Bonchev–Trinajstić information content (AvgIpc) is 2.88. The van der Waals surface area contributed by atoms with Crippen molar-refractivity contribution in [2.45, 2.75) is 12.8 Å². The molecule has 0 aromatic heterocycles. The average molecular weight is 251 g/mol. The summed E-state index contributed by atoms with van der Waals surface area (Å²) in [5, 5.41) is 11.4. The lowest BCUT2D eigenvalue weighted by Crippen LogP contribution is -2.26. The molecule has 1 aliphatic rings. The Labute approximate surface area is 105 Å². The van der Waals surface area contributed by atoms with Crippen molar-refractivity contribution < 1.29 is 8.78 Å². The molecular formula is C13H15F2N3. The summed E-state index contributed by atoms with van der Waals surface area (Å²) in [4.78, 5) is 2.28. The molecule has 0 unspecified atom stereocenters. The third-order valence-corrected chi connectivity index (χ3v) is 3.14. The molecule has 0 amide bonds. The van der Waals surface area contributed by atoms with Crippen LogP contribution < -0.4 is 5.32 Å². The highest BCUT2D eigenvalue weighted by Gasteiger charge is 2.14. The summed E-state index contributed by atoms with van der Waals surface area (Å²) in [6.07, 6.45) is 2.42. The van der Waals surface area contributed by atoms with E-state index in [9.17, 15) is 8.78 Å². The summed E-state index contributed by atoms with van der Waals surface area (Å²) >= 11 is 0. The van der Waals surface area contributed by atoms with Gasteiger partial charge in [0.25, 0.3) is 0 Å². The molecule has 0 aliphatic carbocycles. The Morgan fingerprint density at radius 1 is 1.22 bits per heavy atom. The van der Waals surface area contributed by atoms with E-state index >= 15 is 0 Å². The Balaban J connectivity index is 1.93. The second kappa shape index (κ2) is 5.78. The number of benzene rings is 1. The van der Waals surface area contributed by atoms with Crippen LogP contribution in [0, 0.1) is 23.0 Å². The van der Waals surface area contributed by atoms with Gasteiger partial charge in [0.15, 0.2) is 11.6 Å². The molecule has 2 rings (SSSR count). The molecule has 1 heterocycles. The number of hydrogen-bond acceptors (Lipinski definition) is 3. The van der Waals surface area contributed by atoms with Crippen LogP contribution in [0.5, 0.6) is 0 Å². The van der Waals surface area contributed by atoms with Crippen LogP contribution in [0.3, 0.4) is 0 Å². The highest BCUT2D eigenvalue weighted by Crippen LogP contribution is 2.20. The SMILES string of the molecule is N#Cc1ccc(NCCN2CCCC2)c(F)c1F. The molecule has 3 nitrogen and oxygen atoms in total. The predicted molar refractivity (Wildman–Crippen MR) is 65.2 cm³/mol. The maximum Gasteiger partial charge on any atom is 0.183 e. The standard InChI is InChI=1S/C13H15F2N3/c14-12-10(9-16)3-4-11(13(12)15)17-5-8-18-6-1-2-7-18/h3-4,17H,1-2,5-8H2. The van der Waals surface area contributed by atoms with Crippen LogP contribution in [0.4, 0.5) is 14.5 Å². The Morgan fingerprint density at radius 3 is 2.61 bits per heavy atom. The first-order valence-corrected chi connectivity index (χ1v) is 6.06. The molecule has 18 heavy (non-hydrogen) atoms. The van der Waals surface area contributed by atoms with Gasteiger partial charge in [-0.1, -0.05) is 0 Å². The Bertz CT molecular complexity index is 462. The molecule has 5 heteroatoms. The minimum Gasteiger partial charge on any atom is -0.381 e. The Hall–Kier alpha value is -1.67. The van der Waals surface area contributed by atoms with Gasteiger partial charge < -0.3 is 10.2 Å². The Morgan fingerprint density at radius 2 is 1.94 bits per heavy atom. The first-order chi connectivity index (χ1) is 8.72. The zero-order valence-electron chi connectivity index (χ0n) is 10.0. The molecule has 0 radical (unpaired) electrons. The number of halogens is 2. The number of nitrogens with zero attached hydrogens (tertiary/aromatic N) is 2. The second-order valence-electron chi connectivity index (χ2n) is 4.38. The van der Waals surface area contributed by atoms with Crippen molar-refractivity contribution in [3.63, 3.8) is 0 Å². The van der Waals surface area contributed by atoms with E-state index < -0.39 is 11.6 Å². The van der Waals surface area contributed by atoms with Crippen LogP contribution in [0.2, 0.25) is 0 Å². The first-order valence-electron chi connectivity index (χ1n) is 6.06. The van der Waals surface area contributed by atoms with E-state index in [-0.39, 0.29) is 11.3 Å². The van der Waals surface area contributed by atoms with Gasteiger partial charge in [0, 0.05) is 13.1 Å². The van der Waals surface area contributed by atoms with Gasteiger partial charge in [-0.15, -0.1) is 0 Å². The Kier molecular flexibility index (Phi) is 4.11. The van der Waals surface area contributed by atoms with Crippen molar-refractivity contribution in [1.82, 2.24) is 4.90 Å². The largest absolute Gasteiger partial charge is 0.381 e. The predicted octanol–water partition coefficient (Wildman–Crippen LogP) is 2.34. The van der Waals surface area contributed by atoms with Gasteiger partial charge in [0.2, 0.25) is 0 Å². The topological polar surface area (TPSA) is 39.1 Å². The van der Waals surface area contributed by atoms with Gasteiger partial charge in [-0.3, -0.25) is 0 Å². The van der Waals surface area contributed by atoms with E-state index in [2.05, 4.69) is 10.2 Å². The fourth-order valence-electron chi connectivity index (χ4n) is 2.13. The number of nitrogens with one attached hydrogen (secondary N) is 1. The smallest absolute Gasteiger partial charge is 0.183 e. The number of anilines is 1. The maximum absolute atomic E-state index is 13.5. The van der Waals surface area contributed by atoms with Crippen molar-refractivity contribution in [2.24, 2.45) is 0 Å². The molecule has 0 bridgehead atoms. The van der Waals surface area contributed by atoms with Crippen LogP contribution in [0.15, 0.2) is 12.1 Å². The fraction of sp³-hybridized carbons (Fsp3) is 0.462. The molecule has 1 saturated heterocycles. The lowest BCUT2D eigenvalue weighted by Gasteiger charge is -2.15. The van der Waals surface area contributed by atoms with Crippen molar-refractivity contribution in [1.29, 1.82) is 5.26 Å². The minimum atomic E-state index is -1.08. The van der Waals surface area contributed by atoms with Gasteiger partial charge >= 0.3 is 0 Å². The van der Waals surface area contributed by atoms with Gasteiger partial charge in [0.1, 0.15) is 6.07 Å². The summed E-state index contributed by atoms with van der Waals surface area (Å²) in [6, 6.07) is 4.31. The van der Waals surface area contributed by atoms with Crippen LogP contribution in [-0.4, -0.2) is 31.1 Å². The molecule has 0 atom stereocenters. The molecule has 1 aromatic rings. The monoisotopic (exact) mass is 251 g/mol. The van der Waals surface area contributed by atoms with Crippen molar-refractivity contribution in [2.75, 3.05) is 31.5 Å². The minimum absolute atomic E-state index is 0.116. The van der Waals surface area contributed by atoms with Crippen LogP contribution in [0.25, 0.3) is 0 Å². The van der Waals surface area contributed by atoms with E-state index in [4.69, 9.17) is 5.26 Å². The number of hydrogen-bond donors (Lipinski definition) is 1. The third-order valence-electron chi connectivity index (χ3n) is 3.14. The van der Waals surface area contributed by atoms with Crippen LogP contribution in [0.1, 0.15) is 18.4 Å². The summed E-state index contributed by atoms with van der Waals surface area (Å²) in [6.45, 7) is 3.54. The van der Waals surface area contributed by atoms with E-state index in [0.717, 1.165) is 19.6 Å². The highest BCUT2D eigenvalue weighted by atomic mass is 19.2. The van der Waals surface area contributed by atoms with Gasteiger partial charge in [-0.25, -0.2) is 8.78 Å². The summed E-state index contributed by atoms with van der Waals surface area (Å²) < 4.78 is 26.9. The van der Waals surface area contributed by atoms with Gasteiger partial charge in [-0.05, 0) is 38.1 Å². The summed E-state index contributed by atoms with van der Waals surface area (Å²) in [5.41, 5.74) is -0.150. The zero-order valence-corrected chi connectivity index (χ0v) is 10.0.